The molecule has 17 heavy (non-hydrogen) atoms. The summed E-state index contributed by atoms with van der Waals surface area (Å²) in [5.41, 5.74) is 7.50. The van der Waals surface area contributed by atoms with Gasteiger partial charge in [-0.2, -0.15) is 0 Å². The Morgan fingerprint density at radius 3 is 3.06 bits per heavy atom. The number of anilines is 2. The molecule has 1 amide bonds. The molecule has 0 aromatic heterocycles. The highest BCUT2D eigenvalue weighted by Gasteiger charge is 2.25. The molecule has 0 saturated heterocycles. The number of fused-ring (bicyclic) bond motifs is 1. The molecule has 92 valence electrons. The standard InChI is InChI=1S/C12H16BrN3O/c1-8(4-5-14)16-7-12(17)15-10-6-9(13)2-3-11(10)16/h2-3,6,8H,4-5,7,14H2,1H3,(H,15,17). The van der Waals surface area contributed by atoms with Gasteiger partial charge >= 0.3 is 0 Å². The van der Waals surface area contributed by atoms with Crippen LogP contribution in [0.3, 0.4) is 0 Å². The van der Waals surface area contributed by atoms with Gasteiger partial charge in [-0.3, -0.25) is 4.79 Å². The average Bonchev–Trinajstić information content (AvgIpc) is 2.27. The van der Waals surface area contributed by atoms with Gasteiger partial charge in [0.25, 0.3) is 0 Å². The van der Waals surface area contributed by atoms with E-state index in [2.05, 4.69) is 33.1 Å². The maximum Gasteiger partial charge on any atom is 0.243 e. The van der Waals surface area contributed by atoms with Gasteiger partial charge in [0.05, 0.1) is 17.9 Å². The first kappa shape index (κ1) is 12.4. The third kappa shape index (κ3) is 2.61. The van der Waals surface area contributed by atoms with Crippen LogP contribution in [-0.4, -0.2) is 25.0 Å². The van der Waals surface area contributed by atoms with Crippen LogP contribution in [0.2, 0.25) is 0 Å². The van der Waals surface area contributed by atoms with Crippen LogP contribution >= 0.6 is 15.9 Å². The number of hydrogen-bond donors (Lipinski definition) is 2. The van der Waals surface area contributed by atoms with E-state index in [4.69, 9.17) is 5.73 Å². The van der Waals surface area contributed by atoms with Crippen molar-refractivity contribution in [1.82, 2.24) is 0 Å². The summed E-state index contributed by atoms with van der Waals surface area (Å²) in [4.78, 5) is 13.8. The van der Waals surface area contributed by atoms with E-state index in [1.54, 1.807) is 0 Å². The predicted octanol–water partition coefficient (Wildman–Crippen LogP) is 1.94. The normalized spacial score (nSPS) is 16.4. The second kappa shape index (κ2) is 5.06. The molecular formula is C12H16BrN3O. The molecule has 0 fully saturated rings. The van der Waals surface area contributed by atoms with Crippen molar-refractivity contribution in [1.29, 1.82) is 0 Å². The maximum atomic E-state index is 11.7. The minimum atomic E-state index is 0.0273. The highest BCUT2D eigenvalue weighted by Crippen LogP contribution is 2.33. The number of nitrogens with zero attached hydrogens (tertiary/aromatic N) is 1. The summed E-state index contributed by atoms with van der Waals surface area (Å²) in [6, 6.07) is 6.20. The van der Waals surface area contributed by atoms with Gasteiger partial charge in [-0.15, -0.1) is 0 Å². The molecular weight excluding hydrogens is 282 g/mol. The molecule has 4 nitrogen and oxygen atoms in total. The van der Waals surface area contributed by atoms with E-state index >= 15 is 0 Å². The van der Waals surface area contributed by atoms with E-state index in [-0.39, 0.29) is 11.9 Å². The first-order chi connectivity index (χ1) is 8.11. The van der Waals surface area contributed by atoms with Gasteiger partial charge in [-0.1, -0.05) is 15.9 Å². The van der Waals surface area contributed by atoms with Crippen LogP contribution in [-0.2, 0) is 4.79 Å². The van der Waals surface area contributed by atoms with Gasteiger partial charge in [0.1, 0.15) is 0 Å². The Kier molecular flexibility index (Phi) is 3.69. The first-order valence-electron chi connectivity index (χ1n) is 5.68. The van der Waals surface area contributed by atoms with Crippen molar-refractivity contribution in [3.8, 4) is 0 Å². The minimum absolute atomic E-state index is 0.0273. The summed E-state index contributed by atoms with van der Waals surface area (Å²) in [5, 5.41) is 2.89. The summed E-state index contributed by atoms with van der Waals surface area (Å²) >= 11 is 3.41. The number of hydrogen-bond acceptors (Lipinski definition) is 3. The summed E-state index contributed by atoms with van der Waals surface area (Å²) in [7, 11) is 0. The van der Waals surface area contributed by atoms with Gasteiger partial charge in [0.15, 0.2) is 0 Å². The minimum Gasteiger partial charge on any atom is -0.358 e. The molecule has 0 saturated carbocycles. The monoisotopic (exact) mass is 297 g/mol. The Labute approximate surface area is 109 Å². The van der Waals surface area contributed by atoms with Crippen LogP contribution in [0.4, 0.5) is 11.4 Å². The Morgan fingerprint density at radius 1 is 1.59 bits per heavy atom. The van der Waals surface area contributed by atoms with Crippen LogP contribution in [0, 0.1) is 0 Å². The lowest BCUT2D eigenvalue weighted by Crippen LogP contribution is -2.44. The zero-order valence-electron chi connectivity index (χ0n) is 9.74. The Balaban J connectivity index is 2.34. The quantitative estimate of drug-likeness (QED) is 0.896. The molecule has 0 aliphatic carbocycles. The Morgan fingerprint density at radius 2 is 2.35 bits per heavy atom. The summed E-state index contributed by atoms with van der Waals surface area (Å²) in [6.07, 6.45) is 0.878. The second-order valence-electron chi connectivity index (χ2n) is 4.26. The molecule has 1 aliphatic heterocycles. The van der Waals surface area contributed by atoms with Crippen molar-refractivity contribution in [2.75, 3.05) is 23.3 Å². The largest absolute Gasteiger partial charge is 0.358 e. The van der Waals surface area contributed by atoms with Crippen molar-refractivity contribution in [3.63, 3.8) is 0 Å². The number of rotatable bonds is 3. The molecule has 1 unspecified atom stereocenters. The number of nitrogens with two attached hydrogens (primary N) is 1. The van der Waals surface area contributed by atoms with Crippen molar-refractivity contribution in [2.24, 2.45) is 5.73 Å². The fraction of sp³-hybridized carbons (Fsp3) is 0.417. The number of halogens is 1. The van der Waals surface area contributed by atoms with Crippen LogP contribution < -0.4 is 16.0 Å². The highest BCUT2D eigenvalue weighted by molar-refractivity contribution is 9.10. The third-order valence-corrected chi connectivity index (χ3v) is 3.47. The van der Waals surface area contributed by atoms with E-state index in [1.807, 2.05) is 18.2 Å². The Bertz CT molecular complexity index is 436. The second-order valence-corrected chi connectivity index (χ2v) is 5.18. The average molecular weight is 298 g/mol. The van der Waals surface area contributed by atoms with E-state index in [9.17, 15) is 4.79 Å². The lowest BCUT2D eigenvalue weighted by atomic mass is 10.1. The van der Waals surface area contributed by atoms with Crippen molar-refractivity contribution in [3.05, 3.63) is 22.7 Å². The topological polar surface area (TPSA) is 58.4 Å². The third-order valence-electron chi connectivity index (χ3n) is 2.97. The van der Waals surface area contributed by atoms with Gasteiger partial charge in [0.2, 0.25) is 5.91 Å². The highest BCUT2D eigenvalue weighted by atomic mass is 79.9. The van der Waals surface area contributed by atoms with Crippen LogP contribution in [0.5, 0.6) is 0 Å². The fourth-order valence-corrected chi connectivity index (χ4v) is 2.44. The SMILES string of the molecule is CC(CCN)N1CC(=O)Nc2cc(Br)ccc21. The van der Waals surface area contributed by atoms with E-state index in [1.165, 1.54) is 0 Å². The Hall–Kier alpha value is -1.07. The smallest absolute Gasteiger partial charge is 0.243 e. The number of nitrogens with one attached hydrogen (secondary N) is 1. The first-order valence-corrected chi connectivity index (χ1v) is 6.47. The van der Waals surface area contributed by atoms with Crippen LogP contribution in [0.15, 0.2) is 22.7 Å². The van der Waals surface area contributed by atoms with Crippen molar-refractivity contribution >= 4 is 33.2 Å². The number of carbonyl (C=O) groups is 1. The van der Waals surface area contributed by atoms with E-state index in [0.717, 1.165) is 22.3 Å². The molecule has 0 spiro atoms. The van der Waals surface area contributed by atoms with Gasteiger partial charge < -0.3 is 16.0 Å². The summed E-state index contributed by atoms with van der Waals surface area (Å²) in [5.74, 6) is 0.0273. The number of amides is 1. The van der Waals surface area contributed by atoms with Crippen molar-refractivity contribution in [2.45, 2.75) is 19.4 Å². The van der Waals surface area contributed by atoms with Crippen LogP contribution in [0.25, 0.3) is 0 Å². The molecule has 3 N–H and O–H groups in total. The van der Waals surface area contributed by atoms with E-state index in [0.29, 0.717) is 13.1 Å². The molecule has 0 bridgehead atoms. The fourth-order valence-electron chi connectivity index (χ4n) is 2.08. The summed E-state index contributed by atoms with van der Waals surface area (Å²) in [6.45, 7) is 3.12. The molecule has 1 atom stereocenters. The van der Waals surface area contributed by atoms with Crippen molar-refractivity contribution < 1.29 is 4.79 Å². The lowest BCUT2D eigenvalue weighted by Gasteiger charge is -2.35. The predicted molar refractivity (Wildman–Crippen MR) is 73.3 cm³/mol. The summed E-state index contributed by atoms with van der Waals surface area (Å²) < 4.78 is 0.963. The van der Waals surface area contributed by atoms with Crippen LogP contribution in [0.1, 0.15) is 13.3 Å². The molecule has 1 aromatic carbocycles. The molecule has 0 radical (unpaired) electrons. The number of carbonyl (C=O) groups excluding carboxylic acids is 1. The lowest BCUT2D eigenvalue weighted by molar-refractivity contribution is -0.115. The van der Waals surface area contributed by atoms with Gasteiger partial charge in [-0.05, 0) is 38.1 Å². The van der Waals surface area contributed by atoms with Gasteiger partial charge in [-0.25, -0.2) is 0 Å². The maximum absolute atomic E-state index is 11.7. The molecule has 1 aromatic rings. The van der Waals surface area contributed by atoms with E-state index < -0.39 is 0 Å². The zero-order valence-corrected chi connectivity index (χ0v) is 11.3. The van der Waals surface area contributed by atoms with Gasteiger partial charge in [0, 0.05) is 10.5 Å². The molecule has 2 rings (SSSR count). The molecule has 1 heterocycles. The zero-order chi connectivity index (χ0) is 12.4. The number of benzene rings is 1. The molecule has 5 heteroatoms. The molecule has 1 aliphatic rings.